The number of nitrogens with one attached hydrogen (secondary N) is 1. The summed E-state index contributed by atoms with van der Waals surface area (Å²) in [7, 11) is 1.75. The monoisotopic (exact) mass is 305 g/mol. The fraction of sp³-hybridized carbons (Fsp3) is 0.562. The van der Waals surface area contributed by atoms with E-state index in [0.717, 1.165) is 19.5 Å². The highest BCUT2D eigenvalue weighted by Crippen LogP contribution is 2.32. The Labute approximate surface area is 130 Å². The lowest BCUT2D eigenvalue weighted by Gasteiger charge is -2.24. The number of hydrogen-bond donors (Lipinski definition) is 1. The third kappa shape index (κ3) is 3.27. The molecule has 1 aliphatic heterocycles. The van der Waals surface area contributed by atoms with Crippen LogP contribution in [0, 0.1) is 10.1 Å². The predicted molar refractivity (Wildman–Crippen MR) is 85.2 cm³/mol. The number of nitrogens with zero attached hydrogens (tertiary/aromatic N) is 2. The van der Waals surface area contributed by atoms with Crippen molar-refractivity contribution in [2.45, 2.75) is 38.6 Å². The molecule has 1 saturated heterocycles. The number of amides is 1. The number of carbonyl (C=O) groups excluding carboxylic acids is 1. The zero-order valence-corrected chi connectivity index (χ0v) is 13.5. The molecule has 0 aliphatic carbocycles. The third-order valence-electron chi connectivity index (χ3n) is 4.15. The van der Waals surface area contributed by atoms with Gasteiger partial charge in [-0.05, 0) is 24.4 Å². The van der Waals surface area contributed by atoms with Gasteiger partial charge in [0.1, 0.15) is 0 Å². The molecule has 22 heavy (non-hydrogen) atoms. The number of carbonyl (C=O) groups is 1. The number of rotatable bonds is 3. The zero-order valence-electron chi connectivity index (χ0n) is 13.5. The number of benzene rings is 1. The molecule has 1 N–H and O–H groups in total. The highest BCUT2D eigenvalue weighted by atomic mass is 16.6. The Bertz CT molecular complexity index is 587. The molecular formula is C16H23N3O3. The summed E-state index contributed by atoms with van der Waals surface area (Å²) in [6, 6.07) is 4.94. The van der Waals surface area contributed by atoms with Gasteiger partial charge in [-0.15, -0.1) is 0 Å². The summed E-state index contributed by atoms with van der Waals surface area (Å²) in [6.07, 6.45) is 0.907. The Kier molecular flexibility index (Phi) is 4.51. The number of likely N-dealkylation sites (N-methyl/N-ethyl adjacent to an activating group) is 1. The summed E-state index contributed by atoms with van der Waals surface area (Å²) in [4.78, 5) is 25.2. The van der Waals surface area contributed by atoms with Crippen LogP contribution in [0.2, 0.25) is 0 Å². The molecule has 1 aliphatic rings. The Morgan fingerprint density at radius 1 is 1.41 bits per heavy atom. The van der Waals surface area contributed by atoms with Crippen molar-refractivity contribution in [2.24, 2.45) is 0 Å². The van der Waals surface area contributed by atoms with Crippen LogP contribution in [0.25, 0.3) is 0 Å². The highest BCUT2D eigenvalue weighted by molar-refractivity contribution is 5.95. The summed E-state index contributed by atoms with van der Waals surface area (Å²) in [5.74, 6) is -0.169. The van der Waals surface area contributed by atoms with Crippen molar-refractivity contribution in [3.05, 3.63) is 39.4 Å². The van der Waals surface area contributed by atoms with Crippen LogP contribution >= 0.6 is 0 Å². The van der Waals surface area contributed by atoms with Crippen LogP contribution in [-0.2, 0) is 5.41 Å². The largest absolute Gasteiger partial charge is 0.337 e. The minimum atomic E-state index is -0.408. The van der Waals surface area contributed by atoms with E-state index in [4.69, 9.17) is 0 Å². The maximum atomic E-state index is 12.5. The fourth-order valence-electron chi connectivity index (χ4n) is 2.79. The first-order valence-electron chi connectivity index (χ1n) is 7.48. The van der Waals surface area contributed by atoms with E-state index < -0.39 is 4.92 Å². The molecule has 1 aromatic rings. The van der Waals surface area contributed by atoms with Crippen LogP contribution in [0.15, 0.2) is 18.2 Å². The van der Waals surface area contributed by atoms with E-state index >= 15 is 0 Å². The van der Waals surface area contributed by atoms with Gasteiger partial charge < -0.3 is 10.2 Å². The fourth-order valence-corrected chi connectivity index (χ4v) is 2.79. The van der Waals surface area contributed by atoms with Crippen LogP contribution in [0.4, 0.5) is 5.69 Å². The van der Waals surface area contributed by atoms with Crippen molar-refractivity contribution in [3.63, 3.8) is 0 Å². The quantitative estimate of drug-likeness (QED) is 0.687. The van der Waals surface area contributed by atoms with Crippen molar-refractivity contribution < 1.29 is 9.72 Å². The van der Waals surface area contributed by atoms with Gasteiger partial charge in [-0.2, -0.15) is 0 Å². The van der Waals surface area contributed by atoms with Gasteiger partial charge in [0.2, 0.25) is 0 Å². The average molecular weight is 305 g/mol. The van der Waals surface area contributed by atoms with Crippen molar-refractivity contribution in [3.8, 4) is 0 Å². The van der Waals surface area contributed by atoms with Crippen molar-refractivity contribution in [2.75, 3.05) is 20.1 Å². The van der Waals surface area contributed by atoms with Gasteiger partial charge in [0.05, 0.1) is 4.92 Å². The normalized spacial score (nSPS) is 18.3. The minimum absolute atomic E-state index is 0.0105. The first-order chi connectivity index (χ1) is 10.2. The molecule has 0 bridgehead atoms. The zero-order chi connectivity index (χ0) is 16.5. The molecule has 1 amide bonds. The van der Waals surface area contributed by atoms with Crippen molar-refractivity contribution >= 4 is 11.6 Å². The molecule has 1 aromatic carbocycles. The SMILES string of the molecule is CN(C(=O)c1ccc(C(C)(C)C)c([N+](=O)[O-])c1)C1CCNC1. The molecule has 0 spiro atoms. The summed E-state index contributed by atoms with van der Waals surface area (Å²) < 4.78 is 0. The molecule has 2 rings (SSSR count). The van der Waals surface area contributed by atoms with E-state index in [9.17, 15) is 14.9 Å². The van der Waals surface area contributed by atoms with E-state index in [-0.39, 0.29) is 23.1 Å². The molecule has 0 aromatic heterocycles. The molecule has 1 fully saturated rings. The predicted octanol–water partition coefficient (Wildman–Crippen LogP) is 2.33. The topological polar surface area (TPSA) is 75.5 Å². The first kappa shape index (κ1) is 16.4. The molecule has 1 heterocycles. The second kappa shape index (κ2) is 6.04. The summed E-state index contributed by atoms with van der Waals surface area (Å²) in [5.41, 5.74) is 0.676. The molecule has 120 valence electrons. The lowest BCUT2D eigenvalue weighted by atomic mass is 9.85. The lowest BCUT2D eigenvalue weighted by molar-refractivity contribution is -0.386. The Morgan fingerprint density at radius 3 is 2.59 bits per heavy atom. The van der Waals surface area contributed by atoms with Crippen LogP contribution in [-0.4, -0.2) is 41.9 Å². The molecule has 6 heteroatoms. The van der Waals surface area contributed by atoms with Gasteiger partial charge in [0.15, 0.2) is 0 Å². The lowest BCUT2D eigenvalue weighted by Crippen LogP contribution is -2.38. The van der Waals surface area contributed by atoms with Gasteiger partial charge in [-0.25, -0.2) is 0 Å². The van der Waals surface area contributed by atoms with Crippen LogP contribution in [0.3, 0.4) is 0 Å². The van der Waals surface area contributed by atoms with Gasteiger partial charge >= 0.3 is 0 Å². The molecular weight excluding hydrogens is 282 g/mol. The molecule has 1 unspecified atom stereocenters. The Morgan fingerprint density at radius 2 is 2.09 bits per heavy atom. The van der Waals surface area contributed by atoms with Gasteiger partial charge in [0.25, 0.3) is 11.6 Å². The molecule has 0 saturated carbocycles. The summed E-state index contributed by atoms with van der Waals surface area (Å²) in [5, 5.41) is 14.6. The smallest absolute Gasteiger partial charge is 0.273 e. The third-order valence-corrected chi connectivity index (χ3v) is 4.15. The van der Waals surface area contributed by atoms with Crippen molar-refractivity contribution in [1.82, 2.24) is 10.2 Å². The molecule has 0 radical (unpaired) electrons. The van der Waals surface area contributed by atoms with Crippen LogP contribution in [0.1, 0.15) is 43.1 Å². The minimum Gasteiger partial charge on any atom is -0.337 e. The van der Waals surface area contributed by atoms with Gasteiger partial charge in [-0.1, -0.05) is 26.8 Å². The van der Waals surface area contributed by atoms with Gasteiger partial charge in [-0.3, -0.25) is 14.9 Å². The number of hydrogen-bond acceptors (Lipinski definition) is 4. The van der Waals surface area contributed by atoms with E-state index in [0.29, 0.717) is 11.1 Å². The summed E-state index contributed by atoms with van der Waals surface area (Å²) in [6.45, 7) is 7.43. The average Bonchev–Trinajstić information content (AvgIpc) is 2.98. The van der Waals surface area contributed by atoms with E-state index in [1.807, 2.05) is 20.8 Å². The first-order valence-corrected chi connectivity index (χ1v) is 7.48. The maximum Gasteiger partial charge on any atom is 0.273 e. The van der Waals surface area contributed by atoms with E-state index in [2.05, 4.69) is 5.32 Å². The van der Waals surface area contributed by atoms with Crippen LogP contribution in [0.5, 0.6) is 0 Å². The molecule has 1 atom stereocenters. The van der Waals surface area contributed by atoms with E-state index in [1.54, 1.807) is 24.1 Å². The maximum absolute atomic E-state index is 12.5. The number of nitro groups is 1. The second-order valence-corrected chi connectivity index (χ2v) is 6.80. The Balaban J connectivity index is 2.34. The van der Waals surface area contributed by atoms with Crippen molar-refractivity contribution in [1.29, 1.82) is 0 Å². The summed E-state index contributed by atoms with van der Waals surface area (Å²) >= 11 is 0. The second-order valence-electron chi connectivity index (χ2n) is 6.80. The molecule has 6 nitrogen and oxygen atoms in total. The van der Waals surface area contributed by atoms with E-state index in [1.165, 1.54) is 6.07 Å². The standard InChI is InChI=1S/C16H23N3O3/c1-16(2,3)13-6-5-11(9-14(13)19(21)22)15(20)18(4)12-7-8-17-10-12/h5-6,9,12,17H,7-8,10H2,1-4H3. The van der Waals surface area contributed by atoms with Gasteiger partial charge in [0, 0.05) is 36.8 Å². The Hall–Kier alpha value is -1.95. The number of nitro benzene ring substituents is 1. The highest BCUT2D eigenvalue weighted by Gasteiger charge is 2.28. The van der Waals surface area contributed by atoms with Crippen LogP contribution < -0.4 is 5.32 Å².